The van der Waals surface area contributed by atoms with Crippen LogP contribution in [-0.2, 0) is 20.9 Å². The van der Waals surface area contributed by atoms with Crippen molar-refractivity contribution in [2.75, 3.05) is 11.5 Å². The van der Waals surface area contributed by atoms with Gasteiger partial charge in [-0.25, -0.2) is 22.5 Å². The van der Waals surface area contributed by atoms with E-state index in [2.05, 4.69) is 4.98 Å². The van der Waals surface area contributed by atoms with E-state index in [1.165, 1.54) is 6.07 Å². The molecule has 2 heterocycles. The maximum absolute atomic E-state index is 14.0. The number of fused-ring (bicyclic) bond motifs is 2. The van der Waals surface area contributed by atoms with Gasteiger partial charge in [-0.15, -0.1) is 11.3 Å². The molecular weight excluding hydrogens is 440 g/mol. The Morgan fingerprint density at radius 3 is 2.74 bits per heavy atom. The fourth-order valence-electron chi connectivity index (χ4n) is 3.19. The van der Waals surface area contributed by atoms with Crippen molar-refractivity contribution in [2.24, 2.45) is 0 Å². The van der Waals surface area contributed by atoms with E-state index >= 15 is 0 Å². The van der Waals surface area contributed by atoms with Crippen LogP contribution >= 0.6 is 11.3 Å². The average Bonchev–Trinajstić information content (AvgIpc) is 3.15. The van der Waals surface area contributed by atoms with Gasteiger partial charge in [0.15, 0.2) is 23.6 Å². The summed E-state index contributed by atoms with van der Waals surface area (Å²) in [6.45, 7) is 1.43. The molecule has 0 radical (unpaired) electrons. The summed E-state index contributed by atoms with van der Waals surface area (Å²) in [6.07, 6.45) is -1.62. The summed E-state index contributed by atoms with van der Waals surface area (Å²) in [5, 5.41) is 0.0822. The number of esters is 1. The molecule has 0 saturated carbocycles. The lowest BCUT2D eigenvalue weighted by molar-refractivity contribution is -0.147. The quantitative estimate of drug-likeness (QED) is 0.330. The fourth-order valence-corrected chi connectivity index (χ4v) is 4.18. The number of anilines is 1. The zero-order valence-electron chi connectivity index (χ0n) is 16.0. The van der Waals surface area contributed by atoms with E-state index in [1.807, 2.05) is 0 Å². The molecule has 1 atom stereocenters. The first kappa shape index (κ1) is 21.0. The van der Waals surface area contributed by atoms with Crippen LogP contribution in [0.4, 0.5) is 23.2 Å². The maximum Gasteiger partial charge on any atom is 0.310 e. The third-order valence-electron chi connectivity index (χ3n) is 4.53. The monoisotopic (exact) mass is 454 g/mol. The molecule has 0 bridgehead atoms. The molecule has 0 saturated heterocycles. The predicted octanol–water partition coefficient (Wildman–Crippen LogP) is 4.10. The standard InChI is InChI=1S/C20H14F4N2O4S/c1-2-29-16(27)7-14-20(28)26(12-5-9(21)3-4-13(12)30-14)8-15-25-18-11(23)6-10(22)17(24)19(18)31-15/h3-6,14H,2,7-8H2,1H3. The van der Waals surface area contributed by atoms with Crippen molar-refractivity contribution >= 4 is 39.1 Å². The van der Waals surface area contributed by atoms with Gasteiger partial charge >= 0.3 is 5.97 Å². The Hall–Kier alpha value is -3.21. The normalized spacial score (nSPS) is 15.7. The van der Waals surface area contributed by atoms with Gasteiger partial charge in [0, 0.05) is 12.1 Å². The van der Waals surface area contributed by atoms with Crippen molar-refractivity contribution in [2.45, 2.75) is 26.0 Å². The number of rotatable bonds is 5. The third kappa shape index (κ3) is 3.92. The van der Waals surface area contributed by atoms with Gasteiger partial charge in [-0.3, -0.25) is 14.5 Å². The van der Waals surface area contributed by atoms with Gasteiger partial charge in [0.1, 0.15) is 22.1 Å². The number of thiazole rings is 1. The number of nitrogens with zero attached hydrogens (tertiary/aromatic N) is 2. The maximum atomic E-state index is 14.0. The van der Waals surface area contributed by atoms with Gasteiger partial charge in [-0.1, -0.05) is 0 Å². The first-order valence-electron chi connectivity index (χ1n) is 9.14. The minimum absolute atomic E-state index is 0.0662. The smallest absolute Gasteiger partial charge is 0.310 e. The number of carbonyl (C=O) groups excluding carboxylic acids is 2. The van der Waals surface area contributed by atoms with Gasteiger partial charge in [-0.2, -0.15) is 0 Å². The second kappa shape index (κ2) is 8.14. The van der Waals surface area contributed by atoms with Crippen molar-refractivity contribution in [1.82, 2.24) is 4.98 Å². The van der Waals surface area contributed by atoms with Crippen LogP contribution in [0.5, 0.6) is 5.75 Å². The molecule has 0 aliphatic carbocycles. The number of hydrogen-bond acceptors (Lipinski definition) is 6. The van der Waals surface area contributed by atoms with Crippen LogP contribution in [0.15, 0.2) is 24.3 Å². The number of aromatic nitrogens is 1. The van der Waals surface area contributed by atoms with Gasteiger partial charge in [0.05, 0.1) is 30.0 Å². The minimum Gasteiger partial charge on any atom is -0.478 e. The summed E-state index contributed by atoms with van der Waals surface area (Å²) in [4.78, 5) is 29.9. The van der Waals surface area contributed by atoms with Crippen molar-refractivity contribution in [1.29, 1.82) is 0 Å². The van der Waals surface area contributed by atoms with Crippen molar-refractivity contribution in [3.8, 4) is 5.75 Å². The summed E-state index contributed by atoms with van der Waals surface area (Å²) in [7, 11) is 0. The summed E-state index contributed by atoms with van der Waals surface area (Å²) in [5.41, 5.74) is -0.307. The first-order valence-corrected chi connectivity index (χ1v) is 9.96. The number of ether oxygens (including phenoxy) is 2. The Balaban J connectivity index is 1.72. The zero-order chi connectivity index (χ0) is 22.3. The van der Waals surface area contributed by atoms with Gasteiger partial charge in [0.2, 0.25) is 0 Å². The zero-order valence-corrected chi connectivity index (χ0v) is 16.8. The molecule has 6 nitrogen and oxygen atoms in total. The molecule has 162 valence electrons. The van der Waals surface area contributed by atoms with E-state index in [-0.39, 0.29) is 46.2 Å². The van der Waals surface area contributed by atoms with E-state index in [1.54, 1.807) is 6.92 Å². The first-order chi connectivity index (χ1) is 14.8. The molecular formula is C20H14F4N2O4S. The van der Waals surface area contributed by atoms with Crippen molar-refractivity contribution < 1.29 is 36.6 Å². The number of hydrogen-bond donors (Lipinski definition) is 0. The lowest BCUT2D eigenvalue weighted by Gasteiger charge is -2.33. The van der Waals surface area contributed by atoms with E-state index < -0.39 is 41.2 Å². The highest BCUT2D eigenvalue weighted by atomic mass is 32.1. The van der Waals surface area contributed by atoms with Crippen molar-refractivity contribution in [3.05, 3.63) is 52.5 Å². The van der Waals surface area contributed by atoms with E-state index in [0.29, 0.717) is 17.4 Å². The van der Waals surface area contributed by atoms with Crippen LogP contribution in [-0.4, -0.2) is 29.6 Å². The highest BCUT2D eigenvalue weighted by molar-refractivity contribution is 7.18. The SMILES string of the molecule is CCOC(=O)CC1Oc2ccc(F)cc2N(Cc2nc3c(F)cc(F)c(F)c3s2)C1=O. The molecule has 1 amide bonds. The number of amides is 1. The molecule has 31 heavy (non-hydrogen) atoms. The van der Waals surface area contributed by atoms with Crippen LogP contribution < -0.4 is 9.64 Å². The summed E-state index contributed by atoms with van der Waals surface area (Å²) >= 11 is 0.664. The molecule has 0 fully saturated rings. The summed E-state index contributed by atoms with van der Waals surface area (Å²) in [6, 6.07) is 3.87. The Bertz CT molecular complexity index is 1200. The predicted molar refractivity (Wildman–Crippen MR) is 103 cm³/mol. The second-order valence-corrected chi connectivity index (χ2v) is 7.68. The van der Waals surface area contributed by atoms with E-state index in [4.69, 9.17) is 9.47 Å². The van der Waals surface area contributed by atoms with Gasteiger partial charge < -0.3 is 9.47 Å². The second-order valence-electron chi connectivity index (χ2n) is 6.59. The topological polar surface area (TPSA) is 68.7 Å². The largest absolute Gasteiger partial charge is 0.478 e. The summed E-state index contributed by atoms with van der Waals surface area (Å²) in [5.74, 6) is -5.50. The molecule has 0 N–H and O–H groups in total. The van der Waals surface area contributed by atoms with Gasteiger partial charge in [-0.05, 0) is 19.1 Å². The minimum atomic E-state index is -1.36. The van der Waals surface area contributed by atoms with Crippen LogP contribution in [0.2, 0.25) is 0 Å². The number of carbonyl (C=O) groups is 2. The number of benzene rings is 2. The molecule has 3 aromatic rings. The Labute approximate surface area is 177 Å². The molecule has 1 aliphatic heterocycles. The molecule has 1 unspecified atom stereocenters. The molecule has 11 heteroatoms. The van der Waals surface area contributed by atoms with Crippen LogP contribution in [0, 0.1) is 23.3 Å². The highest BCUT2D eigenvalue weighted by Crippen LogP contribution is 2.38. The molecule has 0 spiro atoms. The Morgan fingerprint density at radius 2 is 2.00 bits per heavy atom. The lowest BCUT2D eigenvalue weighted by atomic mass is 10.1. The fraction of sp³-hybridized carbons (Fsp3) is 0.250. The molecule has 1 aliphatic rings. The molecule has 4 rings (SSSR count). The molecule has 2 aromatic carbocycles. The van der Waals surface area contributed by atoms with Crippen LogP contribution in [0.25, 0.3) is 10.2 Å². The van der Waals surface area contributed by atoms with E-state index in [0.717, 1.165) is 17.0 Å². The number of halogens is 4. The van der Waals surface area contributed by atoms with Crippen LogP contribution in [0.1, 0.15) is 18.4 Å². The Kier molecular flexibility index (Phi) is 5.52. The lowest BCUT2D eigenvalue weighted by Crippen LogP contribution is -2.46. The van der Waals surface area contributed by atoms with Crippen molar-refractivity contribution in [3.63, 3.8) is 0 Å². The molecule has 1 aromatic heterocycles. The average molecular weight is 454 g/mol. The summed E-state index contributed by atoms with van der Waals surface area (Å²) < 4.78 is 65.5. The Morgan fingerprint density at radius 1 is 1.23 bits per heavy atom. The highest BCUT2D eigenvalue weighted by Gasteiger charge is 2.37. The van der Waals surface area contributed by atoms with Crippen LogP contribution in [0.3, 0.4) is 0 Å². The van der Waals surface area contributed by atoms with E-state index in [9.17, 15) is 27.2 Å². The third-order valence-corrected chi connectivity index (χ3v) is 5.57. The van der Waals surface area contributed by atoms with Gasteiger partial charge in [0.25, 0.3) is 5.91 Å².